The van der Waals surface area contributed by atoms with Gasteiger partial charge in [0.1, 0.15) is 5.78 Å². The average molecular weight is 255 g/mol. The zero-order valence-corrected chi connectivity index (χ0v) is 8.67. The second kappa shape index (κ2) is 36.5. The third-order valence-corrected chi connectivity index (χ3v) is 0.352. The minimum atomic E-state index is -0.833. The van der Waals surface area contributed by atoms with Crippen LogP contribution in [-0.2, 0) is 14.4 Å². The summed E-state index contributed by atoms with van der Waals surface area (Å²) >= 11 is 0. The monoisotopic (exact) mass is 255 g/mol. The van der Waals surface area contributed by atoms with Crippen LogP contribution in [0.2, 0.25) is 0 Å². The number of carbonyl (C=O) groups is 3. The van der Waals surface area contributed by atoms with Crippen molar-refractivity contribution < 1.29 is 19.5 Å². The summed E-state index contributed by atoms with van der Waals surface area (Å²) in [5, 5.41) is 9.81. The maximum absolute atomic E-state index is 9.70. The van der Waals surface area contributed by atoms with Gasteiger partial charge in [0.2, 0.25) is 5.91 Å². The molecular formula is C12H33NO4. The molecule has 110 valence electrons. The van der Waals surface area contributed by atoms with E-state index >= 15 is 0 Å². The lowest BCUT2D eigenvalue weighted by molar-refractivity contribution is -0.134. The molecule has 0 spiro atoms. The first kappa shape index (κ1) is 44.9. The number of nitrogens with one attached hydrogen (secondary N) is 1. The lowest BCUT2D eigenvalue weighted by Gasteiger charge is -1.80. The number of rotatable bonds is 0. The molecule has 0 radical (unpaired) electrons. The van der Waals surface area contributed by atoms with Gasteiger partial charge in [-0.2, -0.15) is 0 Å². The number of amides is 1. The highest BCUT2D eigenvalue weighted by atomic mass is 16.4. The molecule has 17 heavy (non-hydrogen) atoms. The van der Waals surface area contributed by atoms with Crippen LogP contribution in [0, 0.1) is 0 Å². The summed E-state index contributed by atoms with van der Waals surface area (Å²) < 4.78 is 0. The normalized spacial score (nSPS) is 5.00. The van der Waals surface area contributed by atoms with Crippen molar-refractivity contribution in [1.29, 1.82) is 0 Å². The standard InChI is InChI=1S/C3H7NO.C3H6O.C2H4O2.4CH4/c1-3(5)4-2;1-3(2)4;1-2(3)4;;;;/h1-2H3,(H,4,5);1-2H3;1H3,(H,3,4);4*1H4. The highest BCUT2D eigenvalue weighted by Crippen LogP contribution is 1.50. The van der Waals surface area contributed by atoms with Crippen LogP contribution in [0.1, 0.15) is 57.4 Å². The molecule has 1 amide bonds. The summed E-state index contributed by atoms with van der Waals surface area (Å²) in [5.74, 6) is -0.662. The van der Waals surface area contributed by atoms with Crippen molar-refractivity contribution in [3.8, 4) is 0 Å². The zero-order valence-electron chi connectivity index (χ0n) is 8.67. The highest BCUT2D eigenvalue weighted by Gasteiger charge is 1.72. The van der Waals surface area contributed by atoms with Crippen LogP contribution in [0.15, 0.2) is 0 Å². The van der Waals surface area contributed by atoms with Gasteiger partial charge in [-0.05, 0) is 13.8 Å². The zero-order chi connectivity index (χ0) is 11.4. The number of hydrogen-bond donors (Lipinski definition) is 2. The molecule has 0 aromatic heterocycles. The predicted octanol–water partition coefficient (Wildman–Crippen LogP) is 2.98. The summed E-state index contributed by atoms with van der Waals surface area (Å²) in [6, 6.07) is 0. The molecule has 5 nitrogen and oxygen atoms in total. The molecule has 0 fully saturated rings. The van der Waals surface area contributed by atoms with Crippen LogP contribution in [0.25, 0.3) is 0 Å². The quantitative estimate of drug-likeness (QED) is 0.697. The second-order valence-electron chi connectivity index (χ2n) is 2.23. The van der Waals surface area contributed by atoms with Gasteiger partial charge in [-0.25, -0.2) is 0 Å². The Labute approximate surface area is 108 Å². The fourth-order valence-electron chi connectivity index (χ4n) is 0. The molecule has 0 aromatic carbocycles. The second-order valence-corrected chi connectivity index (χ2v) is 2.23. The Morgan fingerprint density at radius 1 is 0.824 bits per heavy atom. The Hall–Kier alpha value is -1.39. The lowest BCUT2D eigenvalue weighted by Crippen LogP contribution is -2.11. The van der Waals surface area contributed by atoms with Gasteiger partial charge in [-0.1, -0.05) is 29.7 Å². The van der Waals surface area contributed by atoms with E-state index in [0.717, 1.165) is 6.92 Å². The van der Waals surface area contributed by atoms with Crippen molar-refractivity contribution in [3.63, 3.8) is 0 Å². The molecular weight excluding hydrogens is 222 g/mol. The molecule has 0 saturated heterocycles. The van der Waals surface area contributed by atoms with Gasteiger partial charge >= 0.3 is 0 Å². The SMILES string of the molecule is C.C.C.C.CC(=O)O.CC(C)=O.CNC(C)=O. The largest absolute Gasteiger partial charge is 0.481 e. The minimum Gasteiger partial charge on any atom is -0.481 e. The number of carboxylic acids is 1. The molecule has 0 aliphatic rings. The van der Waals surface area contributed by atoms with E-state index in [0.29, 0.717) is 0 Å². The van der Waals surface area contributed by atoms with E-state index in [4.69, 9.17) is 9.90 Å². The minimum absolute atomic E-state index is 0. The molecule has 0 saturated carbocycles. The van der Waals surface area contributed by atoms with E-state index in [1.165, 1.54) is 20.8 Å². The fourth-order valence-corrected chi connectivity index (χ4v) is 0. The third kappa shape index (κ3) is 6240. The molecule has 0 bridgehead atoms. The molecule has 0 unspecified atom stereocenters. The van der Waals surface area contributed by atoms with Gasteiger partial charge in [0.15, 0.2) is 0 Å². The van der Waals surface area contributed by atoms with E-state index < -0.39 is 5.97 Å². The van der Waals surface area contributed by atoms with E-state index in [1.54, 1.807) is 7.05 Å². The number of aliphatic carboxylic acids is 1. The summed E-state index contributed by atoms with van der Waals surface area (Å²) in [7, 11) is 1.60. The van der Waals surface area contributed by atoms with E-state index in [1.807, 2.05) is 0 Å². The number of ketones is 1. The van der Waals surface area contributed by atoms with Gasteiger partial charge in [-0.3, -0.25) is 9.59 Å². The Morgan fingerprint density at radius 2 is 0.882 bits per heavy atom. The van der Waals surface area contributed by atoms with E-state index in [2.05, 4.69) is 5.32 Å². The maximum atomic E-state index is 9.70. The number of hydrogen-bond acceptors (Lipinski definition) is 3. The predicted molar refractivity (Wildman–Crippen MR) is 76.3 cm³/mol. The fraction of sp³-hybridized carbons (Fsp3) is 0.750. The summed E-state index contributed by atoms with van der Waals surface area (Å²) in [6.07, 6.45) is 0. The van der Waals surface area contributed by atoms with Crippen LogP contribution < -0.4 is 5.32 Å². The summed E-state index contributed by atoms with van der Waals surface area (Å²) in [4.78, 5) is 28.1. The number of Topliss-reactive ketones (excluding diaryl/α,β-unsaturated/α-hetero) is 1. The van der Waals surface area contributed by atoms with Crippen LogP contribution in [0.3, 0.4) is 0 Å². The topological polar surface area (TPSA) is 83.5 Å². The highest BCUT2D eigenvalue weighted by molar-refractivity contribution is 5.72. The first-order valence-corrected chi connectivity index (χ1v) is 3.59. The Morgan fingerprint density at radius 3 is 0.882 bits per heavy atom. The molecule has 0 heterocycles. The van der Waals surface area contributed by atoms with Gasteiger partial charge in [0, 0.05) is 20.9 Å². The van der Waals surface area contributed by atoms with Crippen molar-refractivity contribution in [2.45, 2.75) is 57.4 Å². The third-order valence-electron chi connectivity index (χ3n) is 0.352. The first-order chi connectivity index (χ1) is 5.73. The number of carbonyl (C=O) groups excluding carboxylic acids is 2. The van der Waals surface area contributed by atoms with Gasteiger partial charge in [-0.15, -0.1) is 0 Å². The van der Waals surface area contributed by atoms with Gasteiger partial charge in [0.05, 0.1) is 0 Å². The van der Waals surface area contributed by atoms with Crippen LogP contribution >= 0.6 is 0 Å². The van der Waals surface area contributed by atoms with Crippen LogP contribution in [-0.4, -0.2) is 29.8 Å². The lowest BCUT2D eigenvalue weighted by atomic mass is 10.6. The van der Waals surface area contributed by atoms with Crippen molar-refractivity contribution in [3.05, 3.63) is 0 Å². The van der Waals surface area contributed by atoms with Gasteiger partial charge in [0.25, 0.3) is 5.97 Å². The molecule has 0 aromatic rings. The Balaban J connectivity index is -0.0000000159. The van der Waals surface area contributed by atoms with Crippen LogP contribution in [0.4, 0.5) is 0 Å². The van der Waals surface area contributed by atoms with Crippen molar-refractivity contribution in [2.75, 3.05) is 7.05 Å². The molecule has 0 aliphatic heterocycles. The molecule has 0 rings (SSSR count). The van der Waals surface area contributed by atoms with Gasteiger partial charge < -0.3 is 15.2 Å². The van der Waals surface area contributed by atoms with E-state index in [9.17, 15) is 9.59 Å². The van der Waals surface area contributed by atoms with Crippen LogP contribution in [0.5, 0.6) is 0 Å². The number of carboxylic acid groups (broad SMARTS) is 1. The maximum Gasteiger partial charge on any atom is 0.300 e. The molecule has 0 aliphatic carbocycles. The van der Waals surface area contributed by atoms with E-state index in [-0.39, 0.29) is 41.4 Å². The average Bonchev–Trinajstić information content (AvgIpc) is 1.84. The molecule has 0 atom stereocenters. The summed E-state index contributed by atoms with van der Waals surface area (Å²) in [5.41, 5.74) is 0. The molecule has 5 heteroatoms. The Kier molecular flexibility index (Phi) is 96.5. The van der Waals surface area contributed by atoms with Crippen molar-refractivity contribution >= 4 is 17.7 Å². The smallest absolute Gasteiger partial charge is 0.300 e. The summed E-state index contributed by atoms with van der Waals surface area (Å²) in [6.45, 7) is 5.61. The van der Waals surface area contributed by atoms with Crippen molar-refractivity contribution in [1.82, 2.24) is 5.32 Å². The first-order valence-electron chi connectivity index (χ1n) is 3.59. The van der Waals surface area contributed by atoms with Crippen molar-refractivity contribution in [2.24, 2.45) is 0 Å². The Bertz CT molecular complexity index is 148. The molecule has 2 N–H and O–H groups in total.